The number of benzene rings is 3. The molecule has 0 fully saturated rings. The summed E-state index contributed by atoms with van der Waals surface area (Å²) in [4.78, 5) is 15.4. The normalized spacial score (nSPS) is 14.9. The lowest BCUT2D eigenvalue weighted by Gasteiger charge is -2.27. The molecule has 4 aromatic rings. The third-order valence-electron chi connectivity index (χ3n) is 5.84. The molecule has 2 heterocycles. The number of nitrogens with one attached hydrogen (secondary N) is 1. The van der Waals surface area contributed by atoms with Crippen molar-refractivity contribution in [2.24, 2.45) is 0 Å². The van der Waals surface area contributed by atoms with Crippen molar-refractivity contribution in [1.82, 2.24) is 10.2 Å². The van der Waals surface area contributed by atoms with Gasteiger partial charge in [-0.15, -0.1) is 0 Å². The molecule has 34 heavy (non-hydrogen) atoms. The number of anilines is 1. The first-order chi connectivity index (χ1) is 16.5. The molecule has 0 aliphatic carbocycles. The van der Waals surface area contributed by atoms with Crippen LogP contribution in [-0.4, -0.2) is 34.9 Å². The Hall–Kier alpha value is -3.78. The van der Waals surface area contributed by atoms with Crippen LogP contribution >= 0.6 is 15.9 Å². The predicted octanol–water partition coefficient (Wildman–Crippen LogP) is 5.70. The van der Waals surface area contributed by atoms with E-state index in [1.165, 1.54) is 0 Å². The van der Waals surface area contributed by atoms with E-state index in [9.17, 15) is 9.90 Å². The lowest BCUT2D eigenvalue weighted by Crippen LogP contribution is -2.29. The van der Waals surface area contributed by atoms with E-state index in [4.69, 9.17) is 9.47 Å². The van der Waals surface area contributed by atoms with E-state index in [0.29, 0.717) is 23.7 Å². The quantitative estimate of drug-likeness (QED) is 0.341. The van der Waals surface area contributed by atoms with Crippen LogP contribution in [0.15, 0.2) is 71.2 Å². The number of rotatable bonds is 6. The van der Waals surface area contributed by atoms with Gasteiger partial charge in [-0.25, -0.2) is 0 Å². The zero-order chi connectivity index (χ0) is 23.8. The Morgan fingerprint density at radius 3 is 2.50 bits per heavy atom. The number of phenols is 1. The van der Waals surface area contributed by atoms with Crippen LogP contribution in [-0.2, 0) is 0 Å². The van der Waals surface area contributed by atoms with Gasteiger partial charge in [0.25, 0.3) is 5.91 Å². The van der Waals surface area contributed by atoms with Crippen LogP contribution in [0.2, 0.25) is 0 Å². The molecule has 0 bridgehead atoms. The molecule has 0 saturated heterocycles. The summed E-state index contributed by atoms with van der Waals surface area (Å²) in [5.41, 5.74) is 4.29. The number of aromatic nitrogens is 2. The van der Waals surface area contributed by atoms with Crippen molar-refractivity contribution >= 4 is 27.5 Å². The van der Waals surface area contributed by atoms with E-state index in [0.717, 1.165) is 32.6 Å². The summed E-state index contributed by atoms with van der Waals surface area (Å²) in [6, 6.07) is 19.9. The predicted molar refractivity (Wildman–Crippen MR) is 133 cm³/mol. The minimum Gasteiger partial charge on any atom is -0.504 e. The number of phenolic OH excluding ortho intramolecular Hbond substituents is 1. The molecule has 1 amide bonds. The molecule has 0 spiro atoms. The van der Waals surface area contributed by atoms with Gasteiger partial charge in [0.05, 0.1) is 25.5 Å². The molecular formula is C26H22BrN3O4. The van der Waals surface area contributed by atoms with Gasteiger partial charge in [0.15, 0.2) is 11.5 Å². The number of fused-ring (bicyclic) bond motifs is 1. The molecule has 0 saturated carbocycles. The minimum absolute atomic E-state index is 0.0490. The van der Waals surface area contributed by atoms with Crippen molar-refractivity contribution in [1.29, 1.82) is 0 Å². The topological polar surface area (TPSA) is 87.7 Å². The fourth-order valence-corrected chi connectivity index (χ4v) is 4.54. The summed E-state index contributed by atoms with van der Waals surface area (Å²) < 4.78 is 11.8. The summed E-state index contributed by atoms with van der Waals surface area (Å²) in [7, 11) is 1.62. The number of methoxy groups -OCH3 is 1. The third kappa shape index (κ3) is 3.70. The minimum atomic E-state index is -0.473. The van der Waals surface area contributed by atoms with Gasteiger partial charge in [-0.2, -0.15) is 5.10 Å². The van der Waals surface area contributed by atoms with Gasteiger partial charge in [-0.05, 0) is 73.2 Å². The molecule has 8 heteroatoms. The molecular weight excluding hydrogens is 498 g/mol. The average molecular weight is 520 g/mol. The first-order valence-electron chi connectivity index (χ1n) is 10.8. The molecule has 172 valence electrons. The van der Waals surface area contributed by atoms with Gasteiger partial charge in [0.1, 0.15) is 11.4 Å². The molecule has 1 aliphatic heterocycles. The highest BCUT2D eigenvalue weighted by Crippen LogP contribution is 2.46. The second-order valence-corrected chi connectivity index (χ2v) is 8.72. The number of amides is 1. The van der Waals surface area contributed by atoms with Crippen molar-refractivity contribution in [2.45, 2.75) is 13.0 Å². The van der Waals surface area contributed by atoms with Gasteiger partial charge < -0.3 is 14.6 Å². The van der Waals surface area contributed by atoms with E-state index < -0.39 is 6.04 Å². The summed E-state index contributed by atoms with van der Waals surface area (Å²) in [5.74, 6) is 0.972. The van der Waals surface area contributed by atoms with Crippen LogP contribution < -0.4 is 14.4 Å². The van der Waals surface area contributed by atoms with Crippen molar-refractivity contribution in [3.05, 3.63) is 88.0 Å². The van der Waals surface area contributed by atoms with Crippen LogP contribution in [0.3, 0.4) is 0 Å². The Kier molecular flexibility index (Phi) is 5.75. The number of nitrogens with zero attached hydrogens (tertiary/aromatic N) is 2. The van der Waals surface area contributed by atoms with E-state index in [1.54, 1.807) is 24.1 Å². The first-order valence-corrected chi connectivity index (χ1v) is 11.6. The van der Waals surface area contributed by atoms with E-state index >= 15 is 0 Å². The summed E-state index contributed by atoms with van der Waals surface area (Å²) in [6.45, 7) is 2.26. The largest absolute Gasteiger partial charge is 0.504 e. The molecule has 0 radical (unpaired) electrons. The highest BCUT2D eigenvalue weighted by Gasteiger charge is 2.43. The van der Waals surface area contributed by atoms with E-state index in [-0.39, 0.29) is 11.7 Å². The molecule has 3 aromatic carbocycles. The molecule has 1 atom stereocenters. The number of aromatic amines is 1. The summed E-state index contributed by atoms with van der Waals surface area (Å²) >= 11 is 3.46. The Balaban J connectivity index is 1.70. The number of hydrogen-bond acceptors (Lipinski definition) is 5. The second-order valence-electron chi connectivity index (χ2n) is 7.80. The number of H-pyrrole nitrogens is 1. The fraction of sp³-hybridized carbons (Fsp3) is 0.154. The van der Waals surface area contributed by atoms with Crippen molar-refractivity contribution in [2.75, 3.05) is 18.6 Å². The maximum atomic E-state index is 13.6. The van der Waals surface area contributed by atoms with Crippen molar-refractivity contribution in [3.63, 3.8) is 0 Å². The van der Waals surface area contributed by atoms with Crippen LogP contribution in [0.5, 0.6) is 17.2 Å². The summed E-state index contributed by atoms with van der Waals surface area (Å²) in [6.07, 6.45) is 0. The molecule has 1 aromatic heterocycles. The smallest absolute Gasteiger partial charge is 0.277 e. The maximum absolute atomic E-state index is 13.6. The zero-order valence-corrected chi connectivity index (χ0v) is 20.2. The lowest BCUT2D eigenvalue weighted by atomic mass is 9.95. The number of ether oxygens (including phenoxy) is 2. The van der Waals surface area contributed by atoms with Gasteiger partial charge in [0, 0.05) is 21.3 Å². The van der Waals surface area contributed by atoms with Gasteiger partial charge in [-0.3, -0.25) is 14.8 Å². The Bertz CT molecular complexity index is 1350. The van der Waals surface area contributed by atoms with Crippen LogP contribution in [0.1, 0.15) is 34.6 Å². The monoisotopic (exact) mass is 519 g/mol. The Morgan fingerprint density at radius 2 is 1.82 bits per heavy atom. The Morgan fingerprint density at radius 1 is 1.09 bits per heavy atom. The highest BCUT2D eigenvalue weighted by atomic mass is 79.9. The second kappa shape index (κ2) is 8.87. The van der Waals surface area contributed by atoms with E-state index in [1.807, 2.05) is 61.5 Å². The van der Waals surface area contributed by atoms with Gasteiger partial charge in [0.2, 0.25) is 0 Å². The zero-order valence-electron chi connectivity index (χ0n) is 18.6. The SMILES string of the molecule is CCOc1cc(C2c3c(-c4ccc(OC)cc4)n[nH]c3C(=O)N2c2ccc(Br)cc2)ccc1O. The van der Waals surface area contributed by atoms with Gasteiger partial charge in [-0.1, -0.05) is 22.0 Å². The van der Waals surface area contributed by atoms with E-state index in [2.05, 4.69) is 26.1 Å². The number of carbonyl (C=O) groups is 1. The standard InChI is InChI=1S/C26H22BrN3O4/c1-3-34-21-14-16(6-13-20(21)31)25-22-23(15-4-11-19(33-2)12-5-15)28-29-24(22)26(32)30(25)18-9-7-17(27)8-10-18/h4-14,25,31H,3H2,1-2H3,(H,28,29). The summed E-state index contributed by atoms with van der Waals surface area (Å²) in [5, 5.41) is 17.7. The molecule has 1 unspecified atom stereocenters. The van der Waals surface area contributed by atoms with Crippen molar-refractivity contribution < 1.29 is 19.4 Å². The third-order valence-corrected chi connectivity index (χ3v) is 6.36. The molecule has 2 N–H and O–H groups in total. The first kappa shape index (κ1) is 22.0. The Labute approximate surface area is 205 Å². The lowest BCUT2D eigenvalue weighted by molar-refractivity contribution is 0.0988. The fourth-order valence-electron chi connectivity index (χ4n) is 4.27. The number of hydrogen-bond donors (Lipinski definition) is 2. The number of carbonyl (C=O) groups excluding carboxylic acids is 1. The maximum Gasteiger partial charge on any atom is 0.277 e. The van der Waals surface area contributed by atoms with Crippen LogP contribution in [0.4, 0.5) is 5.69 Å². The molecule has 7 nitrogen and oxygen atoms in total. The number of aromatic hydroxyl groups is 1. The number of halogens is 1. The van der Waals surface area contributed by atoms with Crippen LogP contribution in [0, 0.1) is 0 Å². The molecule has 5 rings (SSSR count). The van der Waals surface area contributed by atoms with Crippen molar-refractivity contribution in [3.8, 4) is 28.5 Å². The molecule has 1 aliphatic rings. The highest BCUT2D eigenvalue weighted by molar-refractivity contribution is 9.10. The van der Waals surface area contributed by atoms with Crippen LogP contribution in [0.25, 0.3) is 11.3 Å². The average Bonchev–Trinajstić information content (AvgIpc) is 3.40. The van der Waals surface area contributed by atoms with Gasteiger partial charge >= 0.3 is 0 Å².